The van der Waals surface area contributed by atoms with E-state index in [1.165, 1.54) is 17.0 Å². The third-order valence-electron chi connectivity index (χ3n) is 4.45. The van der Waals surface area contributed by atoms with Gasteiger partial charge in [-0.3, -0.25) is 9.69 Å². The summed E-state index contributed by atoms with van der Waals surface area (Å²) in [5.74, 6) is -0.775. The first kappa shape index (κ1) is 18.1. The van der Waals surface area contributed by atoms with Crippen molar-refractivity contribution in [3.63, 3.8) is 0 Å². The van der Waals surface area contributed by atoms with Crippen LogP contribution in [0.1, 0.15) is 11.1 Å². The summed E-state index contributed by atoms with van der Waals surface area (Å²) in [5, 5.41) is 20.5. The summed E-state index contributed by atoms with van der Waals surface area (Å²) < 4.78 is 19.5. The number of carbonyl (C=O) groups excluding carboxylic acids is 1. The molecule has 2 fully saturated rings. The molecule has 2 atom stereocenters. The van der Waals surface area contributed by atoms with Gasteiger partial charge >= 0.3 is 6.09 Å². The zero-order chi connectivity index (χ0) is 18.7. The number of hydrogen-bond donors (Lipinski definition) is 2. The molecule has 0 aliphatic carbocycles. The number of nitriles is 1. The second kappa shape index (κ2) is 7.68. The molecule has 2 saturated heterocycles. The monoisotopic (exact) mass is 362 g/mol. The average Bonchev–Trinajstić information content (AvgIpc) is 2.59. The van der Waals surface area contributed by atoms with E-state index in [-0.39, 0.29) is 36.8 Å². The highest BCUT2D eigenvalue weighted by Crippen LogP contribution is 2.19. The normalized spacial score (nSPS) is 22.5. The summed E-state index contributed by atoms with van der Waals surface area (Å²) in [6, 6.07) is 5.98. The van der Waals surface area contributed by atoms with Crippen LogP contribution in [0.5, 0.6) is 0 Å². The number of rotatable bonds is 4. The van der Waals surface area contributed by atoms with Gasteiger partial charge in [-0.1, -0.05) is 6.07 Å². The Morgan fingerprint density at radius 1 is 1.31 bits per heavy atom. The molecule has 2 amide bonds. The Morgan fingerprint density at radius 2 is 2.00 bits per heavy atom. The van der Waals surface area contributed by atoms with Gasteiger partial charge in [-0.25, -0.2) is 9.18 Å². The van der Waals surface area contributed by atoms with Crippen molar-refractivity contribution in [3.8, 4) is 6.07 Å². The number of benzene rings is 1. The summed E-state index contributed by atoms with van der Waals surface area (Å²) in [7, 11) is 0. The van der Waals surface area contributed by atoms with Gasteiger partial charge in [0.15, 0.2) is 0 Å². The van der Waals surface area contributed by atoms with Crippen LogP contribution >= 0.6 is 0 Å². The first-order valence-corrected chi connectivity index (χ1v) is 8.25. The Kier molecular flexibility index (Phi) is 5.35. The van der Waals surface area contributed by atoms with Crippen LogP contribution in [0, 0.1) is 17.1 Å². The fraction of sp³-hybridized carbons (Fsp3) is 0.471. The first-order valence-electron chi connectivity index (χ1n) is 8.25. The van der Waals surface area contributed by atoms with Crippen LogP contribution in [0.15, 0.2) is 18.2 Å². The van der Waals surface area contributed by atoms with Crippen molar-refractivity contribution in [2.75, 3.05) is 32.7 Å². The van der Waals surface area contributed by atoms with Crippen LogP contribution in [-0.4, -0.2) is 71.8 Å². The van der Waals surface area contributed by atoms with Crippen LogP contribution in [0.25, 0.3) is 0 Å². The minimum atomic E-state index is -0.959. The molecule has 1 aromatic carbocycles. The number of morpholine rings is 2. The molecule has 26 heavy (non-hydrogen) atoms. The van der Waals surface area contributed by atoms with Gasteiger partial charge in [0.05, 0.1) is 43.5 Å². The van der Waals surface area contributed by atoms with E-state index in [4.69, 9.17) is 15.1 Å². The number of carboxylic acid groups (broad SMARTS) is 1. The van der Waals surface area contributed by atoms with Crippen LogP contribution in [0.4, 0.5) is 9.18 Å². The lowest BCUT2D eigenvalue weighted by Gasteiger charge is -2.44. The lowest BCUT2D eigenvalue weighted by molar-refractivity contribution is -0.140. The second-order valence-electron chi connectivity index (χ2n) is 6.46. The quantitative estimate of drug-likeness (QED) is 0.802. The summed E-state index contributed by atoms with van der Waals surface area (Å²) in [6.07, 6.45) is -1.45. The molecule has 2 heterocycles. The van der Waals surface area contributed by atoms with Crippen LogP contribution < -0.4 is 5.32 Å². The number of ether oxygens (including phenoxy) is 1. The fourth-order valence-electron chi connectivity index (χ4n) is 3.27. The average molecular weight is 362 g/mol. The molecule has 1 aromatic rings. The van der Waals surface area contributed by atoms with Crippen molar-refractivity contribution >= 4 is 12.0 Å². The fourth-order valence-corrected chi connectivity index (χ4v) is 3.27. The van der Waals surface area contributed by atoms with E-state index < -0.39 is 11.9 Å². The van der Waals surface area contributed by atoms with Gasteiger partial charge in [0.2, 0.25) is 5.91 Å². The molecule has 138 valence electrons. The Balaban J connectivity index is 1.49. The zero-order valence-electron chi connectivity index (χ0n) is 14.0. The van der Waals surface area contributed by atoms with Gasteiger partial charge in [-0.05, 0) is 12.1 Å². The standard InChI is InChI=1S/C17H19FN4O4/c18-15-3-11(4-19)1-2-12(15)5-20-16(23)10-21-6-13-8-22(17(24)25)9-14(7-21)26-13/h1-3,13-14H,5-10H2,(H,20,23)(H,24,25). The molecule has 2 unspecified atom stereocenters. The number of fused-ring (bicyclic) bond motifs is 2. The van der Waals surface area contributed by atoms with Crippen molar-refractivity contribution in [1.82, 2.24) is 15.1 Å². The Hall–Kier alpha value is -2.70. The second-order valence-corrected chi connectivity index (χ2v) is 6.46. The van der Waals surface area contributed by atoms with E-state index in [0.29, 0.717) is 31.7 Å². The van der Waals surface area contributed by atoms with Gasteiger partial charge in [0.25, 0.3) is 0 Å². The highest BCUT2D eigenvalue weighted by molar-refractivity contribution is 5.78. The summed E-state index contributed by atoms with van der Waals surface area (Å²) >= 11 is 0. The van der Waals surface area contributed by atoms with Crippen molar-refractivity contribution in [2.45, 2.75) is 18.8 Å². The first-order chi connectivity index (χ1) is 12.4. The highest BCUT2D eigenvalue weighted by atomic mass is 19.1. The maximum Gasteiger partial charge on any atom is 0.407 e. The highest BCUT2D eigenvalue weighted by Gasteiger charge is 2.37. The number of halogens is 1. The number of carbonyl (C=O) groups is 2. The largest absolute Gasteiger partial charge is 0.465 e. The lowest BCUT2D eigenvalue weighted by atomic mass is 10.1. The predicted molar refractivity (Wildman–Crippen MR) is 87.7 cm³/mol. The summed E-state index contributed by atoms with van der Waals surface area (Å²) in [4.78, 5) is 26.5. The van der Waals surface area contributed by atoms with Crippen LogP contribution in [-0.2, 0) is 16.1 Å². The third-order valence-corrected chi connectivity index (χ3v) is 4.45. The molecule has 0 spiro atoms. The molecule has 0 radical (unpaired) electrons. The van der Waals surface area contributed by atoms with Gasteiger partial charge in [0.1, 0.15) is 5.82 Å². The van der Waals surface area contributed by atoms with Crippen LogP contribution in [0.3, 0.4) is 0 Å². The topological polar surface area (TPSA) is 106 Å². The molecular formula is C17H19FN4O4. The molecule has 0 saturated carbocycles. The molecule has 9 heteroatoms. The van der Waals surface area contributed by atoms with E-state index in [2.05, 4.69) is 5.32 Å². The minimum absolute atomic E-state index is 0.0420. The molecule has 3 rings (SSSR count). The van der Waals surface area contributed by atoms with Crippen molar-refractivity contribution in [2.24, 2.45) is 0 Å². The predicted octanol–water partition coefficient (Wildman–Crippen LogP) is 0.377. The van der Waals surface area contributed by atoms with Crippen molar-refractivity contribution in [3.05, 3.63) is 35.1 Å². The van der Waals surface area contributed by atoms with Crippen molar-refractivity contribution in [1.29, 1.82) is 5.26 Å². The van der Waals surface area contributed by atoms with E-state index in [1.807, 2.05) is 11.0 Å². The number of amides is 2. The van der Waals surface area contributed by atoms with Gasteiger partial charge in [0, 0.05) is 25.2 Å². The summed E-state index contributed by atoms with van der Waals surface area (Å²) in [6.45, 7) is 1.71. The number of nitrogens with zero attached hydrogens (tertiary/aromatic N) is 3. The molecule has 2 aliphatic heterocycles. The van der Waals surface area contributed by atoms with E-state index in [0.717, 1.165) is 6.07 Å². The Bertz CT molecular complexity index is 737. The number of nitrogens with one attached hydrogen (secondary N) is 1. The Labute approximate surface area is 149 Å². The van der Waals surface area contributed by atoms with Gasteiger partial charge < -0.3 is 20.1 Å². The lowest BCUT2D eigenvalue weighted by Crippen LogP contribution is -2.61. The molecule has 0 aromatic heterocycles. The van der Waals surface area contributed by atoms with Gasteiger partial charge in [-0.2, -0.15) is 5.26 Å². The molecule has 2 N–H and O–H groups in total. The zero-order valence-corrected chi connectivity index (χ0v) is 14.0. The molecule has 2 aliphatic rings. The summed E-state index contributed by atoms with van der Waals surface area (Å²) in [5.41, 5.74) is 0.543. The third kappa shape index (κ3) is 4.28. The maximum atomic E-state index is 13.8. The van der Waals surface area contributed by atoms with E-state index in [9.17, 15) is 14.0 Å². The Morgan fingerprint density at radius 3 is 2.58 bits per heavy atom. The van der Waals surface area contributed by atoms with Gasteiger partial charge in [-0.15, -0.1) is 0 Å². The number of hydrogen-bond acceptors (Lipinski definition) is 5. The minimum Gasteiger partial charge on any atom is -0.465 e. The van der Waals surface area contributed by atoms with E-state index >= 15 is 0 Å². The molecule has 8 nitrogen and oxygen atoms in total. The smallest absolute Gasteiger partial charge is 0.407 e. The maximum absolute atomic E-state index is 13.8. The van der Waals surface area contributed by atoms with Crippen molar-refractivity contribution < 1.29 is 23.8 Å². The SMILES string of the molecule is N#Cc1ccc(CNC(=O)CN2CC3CN(C(=O)O)CC(C2)O3)c(F)c1. The van der Waals surface area contributed by atoms with E-state index in [1.54, 1.807) is 0 Å². The molecule has 2 bridgehead atoms. The van der Waals surface area contributed by atoms with Crippen LogP contribution in [0.2, 0.25) is 0 Å². The molecular weight excluding hydrogens is 343 g/mol.